The number of hydrogen-bond donors (Lipinski definition) is 1. The molecule has 1 amide bonds. The number of ketones is 1. The largest absolute Gasteiger partial charge is 0.369 e. The fourth-order valence-corrected chi connectivity index (χ4v) is 3.03. The van der Waals surface area contributed by atoms with Gasteiger partial charge in [0.1, 0.15) is 0 Å². The smallest absolute Gasteiger partial charge is 0.231 e. The summed E-state index contributed by atoms with van der Waals surface area (Å²) in [6.45, 7) is 0.281. The first-order valence-electron chi connectivity index (χ1n) is 6.98. The van der Waals surface area contributed by atoms with Crippen LogP contribution < -0.4 is 5.73 Å². The number of nitrogens with two attached hydrogens (primary N) is 1. The van der Waals surface area contributed by atoms with Crippen molar-refractivity contribution >= 4 is 34.9 Å². The van der Waals surface area contributed by atoms with Gasteiger partial charge in [-0.2, -0.15) is 0 Å². The van der Waals surface area contributed by atoms with E-state index in [1.165, 1.54) is 0 Å². The topological polar surface area (TPSA) is 63.4 Å². The van der Waals surface area contributed by atoms with E-state index < -0.39 is 5.91 Å². The second-order valence-corrected chi connectivity index (χ2v) is 6.18. The Balaban J connectivity index is 2.09. The lowest BCUT2D eigenvalue weighted by atomic mass is 10.1. The Morgan fingerprint density at radius 3 is 2.38 bits per heavy atom. The van der Waals surface area contributed by atoms with Gasteiger partial charge < -0.3 is 5.73 Å². The Labute approximate surface area is 134 Å². The van der Waals surface area contributed by atoms with Crippen molar-refractivity contribution < 1.29 is 9.59 Å². The molecule has 0 radical (unpaired) electrons. The van der Waals surface area contributed by atoms with Gasteiger partial charge in [-0.05, 0) is 31.0 Å². The number of halogens is 2. The lowest BCUT2D eigenvalue weighted by molar-refractivity contribution is -0.119. The highest BCUT2D eigenvalue weighted by atomic mass is 35.5. The summed E-state index contributed by atoms with van der Waals surface area (Å²) in [7, 11) is 0. The fraction of sp³-hybridized carbons (Fsp3) is 0.467. The molecule has 114 valence electrons. The first kappa shape index (κ1) is 16.3. The average Bonchev–Trinajstić information content (AvgIpc) is 2.94. The van der Waals surface area contributed by atoms with Crippen molar-refractivity contribution in [3.05, 3.63) is 33.8 Å². The Hall–Kier alpha value is -1.10. The van der Waals surface area contributed by atoms with Gasteiger partial charge in [-0.25, -0.2) is 0 Å². The minimum atomic E-state index is -0.413. The molecule has 1 saturated carbocycles. The van der Waals surface area contributed by atoms with Crippen LogP contribution in [0.2, 0.25) is 10.0 Å². The van der Waals surface area contributed by atoms with Crippen LogP contribution in [0.3, 0.4) is 0 Å². The van der Waals surface area contributed by atoms with Crippen LogP contribution in [0.5, 0.6) is 0 Å². The van der Waals surface area contributed by atoms with E-state index in [0.29, 0.717) is 15.6 Å². The van der Waals surface area contributed by atoms with E-state index in [2.05, 4.69) is 0 Å². The van der Waals surface area contributed by atoms with Crippen LogP contribution in [0.25, 0.3) is 0 Å². The lowest BCUT2D eigenvalue weighted by Gasteiger charge is -2.26. The highest BCUT2D eigenvalue weighted by Crippen LogP contribution is 2.25. The Bertz CT molecular complexity index is 542. The molecule has 0 unspecified atom stereocenters. The molecule has 1 aliphatic carbocycles. The number of hydrogen-bond acceptors (Lipinski definition) is 3. The summed E-state index contributed by atoms with van der Waals surface area (Å²) in [5, 5.41) is 0.767. The molecule has 0 heterocycles. The van der Waals surface area contributed by atoms with Crippen LogP contribution in [0.4, 0.5) is 0 Å². The summed E-state index contributed by atoms with van der Waals surface area (Å²) in [6.07, 6.45) is 4.26. The summed E-state index contributed by atoms with van der Waals surface area (Å²) < 4.78 is 0. The van der Waals surface area contributed by atoms with Crippen molar-refractivity contribution in [1.82, 2.24) is 4.90 Å². The summed E-state index contributed by atoms with van der Waals surface area (Å²) in [5.74, 6) is -0.495. The molecule has 1 aliphatic rings. The molecular weight excluding hydrogens is 311 g/mol. The van der Waals surface area contributed by atoms with E-state index in [1.54, 1.807) is 18.2 Å². The van der Waals surface area contributed by atoms with Crippen molar-refractivity contribution in [2.45, 2.75) is 31.7 Å². The number of amides is 1. The summed E-state index contributed by atoms with van der Waals surface area (Å²) in [4.78, 5) is 25.5. The molecule has 2 N–H and O–H groups in total. The van der Waals surface area contributed by atoms with Crippen LogP contribution in [-0.2, 0) is 4.79 Å². The monoisotopic (exact) mass is 328 g/mol. The molecule has 6 heteroatoms. The van der Waals surface area contributed by atoms with Gasteiger partial charge in [-0.3, -0.25) is 14.5 Å². The van der Waals surface area contributed by atoms with Gasteiger partial charge in [0.25, 0.3) is 0 Å². The maximum absolute atomic E-state index is 12.4. The van der Waals surface area contributed by atoms with Crippen LogP contribution >= 0.6 is 23.2 Å². The molecule has 0 saturated heterocycles. The summed E-state index contributed by atoms with van der Waals surface area (Å²) >= 11 is 11.8. The maximum atomic E-state index is 12.4. The highest BCUT2D eigenvalue weighted by Gasteiger charge is 2.26. The van der Waals surface area contributed by atoms with Gasteiger partial charge in [0.2, 0.25) is 5.91 Å². The van der Waals surface area contributed by atoms with E-state index in [1.807, 2.05) is 4.90 Å². The Morgan fingerprint density at radius 1 is 1.14 bits per heavy atom. The van der Waals surface area contributed by atoms with Gasteiger partial charge in [0.05, 0.1) is 23.1 Å². The van der Waals surface area contributed by atoms with Crippen LogP contribution in [0.15, 0.2) is 18.2 Å². The predicted octanol–water partition coefficient (Wildman–Crippen LogP) is 2.91. The normalized spacial score (nSPS) is 15.6. The number of primary amides is 1. The standard InChI is InChI=1S/C15H18Cl2N2O2/c16-12-6-5-10(7-13(12)17)14(20)8-19(9-15(18)21)11-3-1-2-4-11/h5-7,11H,1-4,8-9H2,(H2,18,21). The molecule has 2 rings (SSSR count). The van der Waals surface area contributed by atoms with Crippen molar-refractivity contribution in [3.8, 4) is 0 Å². The van der Waals surface area contributed by atoms with E-state index in [-0.39, 0.29) is 24.9 Å². The first-order chi connectivity index (χ1) is 9.97. The van der Waals surface area contributed by atoms with E-state index in [9.17, 15) is 9.59 Å². The molecule has 0 bridgehead atoms. The maximum Gasteiger partial charge on any atom is 0.231 e. The SMILES string of the molecule is NC(=O)CN(CC(=O)c1ccc(Cl)c(Cl)c1)C1CCCC1. The third-order valence-corrected chi connectivity index (χ3v) is 4.53. The lowest BCUT2D eigenvalue weighted by Crippen LogP contribution is -2.43. The molecule has 1 aromatic rings. The summed E-state index contributed by atoms with van der Waals surface area (Å²) in [6, 6.07) is 5.06. The molecular formula is C15H18Cl2N2O2. The Kier molecular flexibility index (Phi) is 5.62. The zero-order valence-electron chi connectivity index (χ0n) is 11.6. The zero-order chi connectivity index (χ0) is 15.4. The van der Waals surface area contributed by atoms with Crippen molar-refractivity contribution in [2.75, 3.05) is 13.1 Å². The number of nitrogens with zero attached hydrogens (tertiary/aromatic N) is 1. The number of rotatable bonds is 6. The van der Waals surface area contributed by atoms with Gasteiger partial charge >= 0.3 is 0 Å². The predicted molar refractivity (Wildman–Crippen MR) is 83.8 cm³/mol. The van der Waals surface area contributed by atoms with Gasteiger partial charge in [-0.15, -0.1) is 0 Å². The molecule has 0 aromatic heterocycles. The van der Waals surface area contributed by atoms with Crippen molar-refractivity contribution in [3.63, 3.8) is 0 Å². The minimum absolute atomic E-state index is 0.0817. The molecule has 4 nitrogen and oxygen atoms in total. The van der Waals surface area contributed by atoms with Crippen LogP contribution in [-0.4, -0.2) is 35.7 Å². The summed E-state index contributed by atoms with van der Waals surface area (Å²) in [5.41, 5.74) is 5.79. The quantitative estimate of drug-likeness (QED) is 0.816. The third-order valence-electron chi connectivity index (χ3n) is 3.79. The van der Waals surface area contributed by atoms with E-state index >= 15 is 0 Å². The van der Waals surface area contributed by atoms with E-state index in [0.717, 1.165) is 25.7 Å². The number of Topliss-reactive ketones (excluding diaryl/α,β-unsaturated/α-hetero) is 1. The van der Waals surface area contributed by atoms with Gasteiger partial charge in [0, 0.05) is 11.6 Å². The number of carbonyl (C=O) groups excluding carboxylic acids is 2. The first-order valence-corrected chi connectivity index (χ1v) is 7.73. The fourth-order valence-electron chi connectivity index (χ4n) is 2.73. The average molecular weight is 329 g/mol. The second-order valence-electron chi connectivity index (χ2n) is 5.36. The van der Waals surface area contributed by atoms with Gasteiger partial charge in [0.15, 0.2) is 5.78 Å². The second kappa shape index (κ2) is 7.25. The minimum Gasteiger partial charge on any atom is -0.369 e. The third kappa shape index (κ3) is 4.43. The molecule has 0 aliphatic heterocycles. The van der Waals surface area contributed by atoms with Crippen molar-refractivity contribution in [2.24, 2.45) is 5.73 Å². The number of benzene rings is 1. The Morgan fingerprint density at radius 2 is 1.81 bits per heavy atom. The van der Waals surface area contributed by atoms with E-state index in [4.69, 9.17) is 28.9 Å². The molecule has 0 atom stereocenters. The van der Waals surface area contributed by atoms with Gasteiger partial charge in [-0.1, -0.05) is 36.0 Å². The van der Waals surface area contributed by atoms with Crippen molar-refractivity contribution in [1.29, 1.82) is 0 Å². The molecule has 1 fully saturated rings. The highest BCUT2D eigenvalue weighted by molar-refractivity contribution is 6.42. The van der Waals surface area contributed by atoms with Crippen LogP contribution in [0.1, 0.15) is 36.0 Å². The molecule has 0 spiro atoms. The molecule has 21 heavy (non-hydrogen) atoms. The zero-order valence-corrected chi connectivity index (χ0v) is 13.2. The van der Waals surface area contributed by atoms with Crippen LogP contribution in [0, 0.1) is 0 Å². The number of carbonyl (C=O) groups is 2. The molecule has 1 aromatic carbocycles.